The molecule has 0 aliphatic rings. The molecule has 1 aromatic carbocycles. The number of amides is 1. The maximum atomic E-state index is 12.1. The lowest BCUT2D eigenvalue weighted by Gasteiger charge is -2.21. The lowest BCUT2D eigenvalue weighted by molar-refractivity contribution is -0.118. The lowest BCUT2D eigenvalue weighted by atomic mass is 10.1. The fourth-order valence-corrected chi connectivity index (χ4v) is 1.86. The molecule has 0 aliphatic carbocycles. The third-order valence-electron chi connectivity index (χ3n) is 2.89. The third-order valence-corrected chi connectivity index (χ3v) is 2.89. The van der Waals surface area contributed by atoms with Crippen molar-refractivity contribution in [3.63, 3.8) is 0 Å². The highest BCUT2D eigenvalue weighted by Crippen LogP contribution is 2.17. The Bertz CT molecular complexity index is 491. The molecule has 0 saturated carbocycles. The number of rotatable bonds is 6. The summed E-state index contributed by atoms with van der Waals surface area (Å²) in [6.45, 7) is 2.57. The van der Waals surface area contributed by atoms with Gasteiger partial charge in [-0.2, -0.15) is 5.26 Å². The molecule has 0 aliphatic heterocycles. The Morgan fingerprint density at radius 1 is 1.32 bits per heavy atom. The van der Waals surface area contributed by atoms with Gasteiger partial charge in [-0.3, -0.25) is 4.79 Å². The molecule has 98 valence electrons. The van der Waals surface area contributed by atoms with Crippen LogP contribution in [0.2, 0.25) is 0 Å². The molecule has 0 radical (unpaired) electrons. The first kappa shape index (κ1) is 14.8. The van der Waals surface area contributed by atoms with Crippen LogP contribution < -0.4 is 4.90 Å². The maximum Gasteiger partial charge on any atom is 0.226 e. The van der Waals surface area contributed by atoms with E-state index in [4.69, 9.17) is 11.7 Å². The van der Waals surface area contributed by atoms with Crippen LogP contribution in [0.4, 0.5) is 5.69 Å². The summed E-state index contributed by atoms with van der Waals surface area (Å²) in [5, 5.41) is 8.75. The first-order valence-electron chi connectivity index (χ1n) is 6.47. The number of benzene rings is 1. The Hall–Kier alpha value is -2.26. The van der Waals surface area contributed by atoms with E-state index in [2.05, 4.69) is 12.0 Å². The zero-order chi connectivity index (χ0) is 14.1. The SMILES string of the molecule is C#CCCCCC(=O)N(CC)c1ccc(C#N)cc1. The zero-order valence-electron chi connectivity index (χ0n) is 11.2. The van der Waals surface area contributed by atoms with E-state index in [0.29, 0.717) is 18.5 Å². The second-order valence-electron chi connectivity index (χ2n) is 4.21. The molecule has 0 fully saturated rings. The summed E-state index contributed by atoms with van der Waals surface area (Å²) < 4.78 is 0. The number of hydrogen-bond acceptors (Lipinski definition) is 2. The molecule has 0 bridgehead atoms. The predicted octanol–water partition coefficient (Wildman–Crippen LogP) is 3.10. The molecule has 0 unspecified atom stereocenters. The number of nitriles is 1. The molecule has 0 heterocycles. The van der Waals surface area contributed by atoms with Gasteiger partial charge in [-0.1, -0.05) is 0 Å². The first-order valence-corrected chi connectivity index (χ1v) is 6.47. The molecule has 3 heteroatoms. The van der Waals surface area contributed by atoms with Gasteiger partial charge in [0.2, 0.25) is 5.91 Å². The summed E-state index contributed by atoms with van der Waals surface area (Å²) in [5.74, 6) is 2.67. The molecular formula is C16H18N2O. The Morgan fingerprint density at radius 2 is 2.00 bits per heavy atom. The normalized spacial score (nSPS) is 9.42. The smallest absolute Gasteiger partial charge is 0.226 e. The zero-order valence-corrected chi connectivity index (χ0v) is 11.2. The number of nitrogens with zero attached hydrogens (tertiary/aromatic N) is 2. The number of terminal acetylenes is 1. The number of anilines is 1. The summed E-state index contributed by atoms with van der Waals surface area (Å²) in [5.41, 5.74) is 1.43. The van der Waals surface area contributed by atoms with Gasteiger partial charge in [0.05, 0.1) is 11.6 Å². The van der Waals surface area contributed by atoms with Crippen LogP contribution in [0.15, 0.2) is 24.3 Å². The van der Waals surface area contributed by atoms with Crippen molar-refractivity contribution in [2.24, 2.45) is 0 Å². The van der Waals surface area contributed by atoms with Gasteiger partial charge in [0.15, 0.2) is 0 Å². The highest BCUT2D eigenvalue weighted by Gasteiger charge is 2.13. The highest BCUT2D eigenvalue weighted by molar-refractivity contribution is 5.93. The van der Waals surface area contributed by atoms with E-state index >= 15 is 0 Å². The Labute approximate surface area is 114 Å². The van der Waals surface area contributed by atoms with Crippen LogP contribution in [-0.2, 0) is 4.79 Å². The molecule has 0 N–H and O–H groups in total. The van der Waals surface area contributed by atoms with Crippen LogP contribution >= 0.6 is 0 Å². The van der Waals surface area contributed by atoms with Gasteiger partial charge in [-0.25, -0.2) is 0 Å². The first-order chi connectivity index (χ1) is 9.22. The third kappa shape index (κ3) is 4.48. The van der Waals surface area contributed by atoms with Gasteiger partial charge in [0, 0.05) is 25.1 Å². The summed E-state index contributed by atoms with van der Waals surface area (Å²) in [6, 6.07) is 9.13. The number of carbonyl (C=O) groups excluding carboxylic acids is 1. The van der Waals surface area contributed by atoms with Crippen LogP contribution in [-0.4, -0.2) is 12.5 Å². The summed E-state index contributed by atoms with van der Waals surface area (Å²) >= 11 is 0. The van der Waals surface area contributed by atoms with Crippen LogP contribution in [0.25, 0.3) is 0 Å². The number of hydrogen-bond donors (Lipinski definition) is 0. The fourth-order valence-electron chi connectivity index (χ4n) is 1.86. The minimum Gasteiger partial charge on any atom is -0.313 e. The van der Waals surface area contributed by atoms with E-state index in [0.717, 1.165) is 24.9 Å². The molecule has 19 heavy (non-hydrogen) atoms. The summed E-state index contributed by atoms with van der Waals surface area (Å²) in [6.07, 6.45) is 8.10. The van der Waals surface area contributed by atoms with E-state index in [9.17, 15) is 4.79 Å². The quantitative estimate of drug-likeness (QED) is 0.578. The number of carbonyl (C=O) groups is 1. The maximum absolute atomic E-state index is 12.1. The molecule has 1 aromatic rings. The second-order valence-corrected chi connectivity index (χ2v) is 4.21. The number of unbranched alkanes of at least 4 members (excludes halogenated alkanes) is 2. The van der Waals surface area contributed by atoms with Crippen molar-refractivity contribution in [1.29, 1.82) is 5.26 Å². The average Bonchev–Trinajstić information content (AvgIpc) is 2.45. The summed E-state index contributed by atoms with van der Waals surface area (Å²) in [4.78, 5) is 13.8. The van der Waals surface area contributed by atoms with Crippen molar-refractivity contribution in [2.45, 2.75) is 32.6 Å². The van der Waals surface area contributed by atoms with Crippen LogP contribution in [0, 0.1) is 23.7 Å². The monoisotopic (exact) mass is 254 g/mol. The van der Waals surface area contributed by atoms with Crippen molar-refractivity contribution in [3.05, 3.63) is 29.8 Å². The standard InChI is InChI=1S/C16H18N2O/c1-3-5-6-7-8-16(19)18(4-2)15-11-9-14(13-17)10-12-15/h1,9-12H,4-8H2,2H3. The molecule has 0 spiro atoms. The predicted molar refractivity (Wildman–Crippen MR) is 76.5 cm³/mol. The Balaban J connectivity index is 2.63. The van der Waals surface area contributed by atoms with Crippen molar-refractivity contribution >= 4 is 11.6 Å². The van der Waals surface area contributed by atoms with Crippen molar-refractivity contribution < 1.29 is 4.79 Å². The van der Waals surface area contributed by atoms with Gasteiger partial charge in [-0.15, -0.1) is 12.3 Å². The van der Waals surface area contributed by atoms with Gasteiger partial charge in [0.25, 0.3) is 0 Å². The van der Waals surface area contributed by atoms with Gasteiger partial charge < -0.3 is 4.90 Å². The lowest BCUT2D eigenvalue weighted by Crippen LogP contribution is -2.30. The molecule has 1 amide bonds. The highest BCUT2D eigenvalue weighted by atomic mass is 16.2. The van der Waals surface area contributed by atoms with E-state index < -0.39 is 0 Å². The molecular weight excluding hydrogens is 236 g/mol. The Morgan fingerprint density at radius 3 is 2.53 bits per heavy atom. The summed E-state index contributed by atoms with van der Waals surface area (Å²) in [7, 11) is 0. The molecule has 1 rings (SSSR count). The van der Waals surface area contributed by atoms with E-state index in [-0.39, 0.29) is 5.91 Å². The fraction of sp³-hybridized carbons (Fsp3) is 0.375. The second kappa shape index (κ2) is 7.95. The largest absolute Gasteiger partial charge is 0.313 e. The van der Waals surface area contributed by atoms with Gasteiger partial charge in [-0.05, 0) is 44.0 Å². The van der Waals surface area contributed by atoms with Crippen molar-refractivity contribution in [3.8, 4) is 18.4 Å². The van der Waals surface area contributed by atoms with Crippen molar-refractivity contribution in [1.82, 2.24) is 0 Å². The average molecular weight is 254 g/mol. The Kier molecular flexibility index (Phi) is 6.19. The molecule has 0 aromatic heterocycles. The van der Waals surface area contributed by atoms with Crippen LogP contribution in [0.5, 0.6) is 0 Å². The molecule has 0 saturated heterocycles. The topological polar surface area (TPSA) is 44.1 Å². The van der Waals surface area contributed by atoms with Gasteiger partial charge in [0.1, 0.15) is 0 Å². The van der Waals surface area contributed by atoms with Crippen LogP contribution in [0.1, 0.15) is 38.2 Å². The molecule has 3 nitrogen and oxygen atoms in total. The van der Waals surface area contributed by atoms with Crippen LogP contribution in [0.3, 0.4) is 0 Å². The minimum absolute atomic E-state index is 0.101. The minimum atomic E-state index is 0.101. The van der Waals surface area contributed by atoms with E-state index in [1.807, 2.05) is 6.92 Å². The van der Waals surface area contributed by atoms with Crippen molar-refractivity contribution in [2.75, 3.05) is 11.4 Å². The van der Waals surface area contributed by atoms with E-state index in [1.54, 1.807) is 29.2 Å². The molecule has 0 atom stereocenters. The van der Waals surface area contributed by atoms with Gasteiger partial charge >= 0.3 is 0 Å². The van der Waals surface area contributed by atoms with E-state index in [1.165, 1.54) is 0 Å².